The van der Waals surface area contributed by atoms with E-state index in [0.29, 0.717) is 28.7 Å². The van der Waals surface area contributed by atoms with Crippen molar-refractivity contribution in [2.24, 2.45) is 0 Å². The number of hydrogen-bond acceptors (Lipinski definition) is 4. The summed E-state index contributed by atoms with van der Waals surface area (Å²) in [5.74, 6) is 0.566. The van der Waals surface area contributed by atoms with Gasteiger partial charge < -0.3 is 4.74 Å². The minimum atomic E-state index is -0.465. The zero-order chi connectivity index (χ0) is 13.8. The summed E-state index contributed by atoms with van der Waals surface area (Å²) in [6, 6.07) is 11.2. The number of ether oxygens (including phenoxy) is 1. The highest BCUT2D eigenvalue weighted by Gasteiger charge is 2.10. The van der Waals surface area contributed by atoms with E-state index in [1.165, 1.54) is 19.2 Å². The highest BCUT2D eigenvalue weighted by molar-refractivity contribution is 5.88. The summed E-state index contributed by atoms with van der Waals surface area (Å²) in [4.78, 5) is 21.4. The number of benzene rings is 2. The largest absolute Gasteiger partial charge is 0.497 e. The second-order valence-corrected chi connectivity index (χ2v) is 3.88. The van der Waals surface area contributed by atoms with Gasteiger partial charge in [0.1, 0.15) is 5.75 Å². The highest BCUT2D eigenvalue weighted by atomic mass is 16.6. The second kappa shape index (κ2) is 5.30. The monoisotopic (exact) mass is 257 g/mol. The van der Waals surface area contributed by atoms with E-state index in [9.17, 15) is 14.9 Å². The molecular weight excluding hydrogens is 246 g/mol. The molecule has 96 valence electrons. The van der Waals surface area contributed by atoms with Crippen molar-refractivity contribution < 1.29 is 14.5 Å². The third-order valence-electron chi connectivity index (χ3n) is 2.75. The summed E-state index contributed by atoms with van der Waals surface area (Å²) in [5, 5.41) is 10.8. The van der Waals surface area contributed by atoms with Crippen LogP contribution in [0, 0.1) is 10.1 Å². The molecule has 0 radical (unpaired) electrons. The Kier molecular flexibility index (Phi) is 3.56. The van der Waals surface area contributed by atoms with Gasteiger partial charge in [-0.05, 0) is 29.3 Å². The van der Waals surface area contributed by atoms with Gasteiger partial charge in [-0.2, -0.15) is 0 Å². The minimum absolute atomic E-state index is 0.00910. The fourth-order valence-electron chi connectivity index (χ4n) is 1.82. The predicted molar refractivity (Wildman–Crippen MR) is 70.5 cm³/mol. The third-order valence-corrected chi connectivity index (χ3v) is 2.75. The van der Waals surface area contributed by atoms with Crippen molar-refractivity contribution in [2.45, 2.75) is 0 Å². The fraction of sp³-hybridized carbons (Fsp3) is 0.0714. The van der Waals surface area contributed by atoms with E-state index >= 15 is 0 Å². The highest BCUT2D eigenvalue weighted by Crippen LogP contribution is 2.28. The van der Waals surface area contributed by atoms with Crippen molar-refractivity contribution in [2.75, 3.05) is 7.11 Å². The Morgan fingerprint density at radius 3 is 2.63 bits per heavy atom. The number of hydrogen-bond donors (Lipinski definition) is 0. The topological polar surface area (TPSA) is 69.4 Å². The van der Waals surface area contributed by atoms with E-state index in [4.69, 9.17) is 4.74 Å². The summed E-state index contributed by atoms with van der Waals surface area (Å²) in [7, 11) is 1.51. The van der Waals surface area contributed by atoms with Crippen LogP contribution < -0.4 is 4.74 Å². The third kappa shape index (κ3) is 2.60. The van der Waals surface area contributed by atoms with Gasteiger partial charge in [-0.3, -0.25) is 14.9 Å². The van der Waals surface area contributed by atoms with Gasteiger partial charge in [0.15, 0.2) is 6.29 Å². The molecule has 0 N–H and O–H groups in total. The Hall–Kier alpha value is -2.69. The summed E-state index contributed by atoms with van der Waals surface area (Å²) >= 11 is 0. The summed E-state index contributed by atoms with van der Waals surface area (Å²) in [6.45, 7) is 0. The molecule has 0 unspecified atom stereocenters. The van der Waals surface area contributed by atoms with Crippen LogP contribution in [0.25, 0.3) is 11.1 Å². The quantitative estimate of drug-likeness (QED) is 0.479. The fourth-order valence-corrected chi connectivity index (χ4v) is 1.82. The van der Waals surface area contributed by atoms with Crippen LogP contribution in [-0.4, -0.2) is 18.3 Å². The molecule has 2 aromatic carbocycles. The summed E-state index contributed by atoms with van der Waals surface area (Å²) in [6.07, 6.45) is 0.705. The van der Waals surface area contributed by atoms with Crippen LogP contribution in [0.5, 0.6) is 5.75 Å². The Bertz CT molecular complexity index is 637. The van der Waals surface area contributed by atoms with Crippen molar-refractivity contribution in [1.82, 2.24) is 0 Å². The molecule has 0 bridgehead atoms. The Morgan fingerprint density at radius 2 is 2.00 bits per heavy atom. The summed E-state index contributed by atoms with van der Waals surface area (Å²) < 4.78 is 5.04. The first-order valence-electron chi connectivity index (χ1n) is 5.53. The molecule has 5 nitrogen and oxygen atoms in total. The first-order valence-corrected chi connectivity index (χ1v) is 5.53. The summed E-state index contributed by atoms with van der Waals surface area (Å²) in [5.41, 5.74) is 1.68. The molecule has 0 saturated heterocycles. The van der Waals surface area contributed by atoms with Crippen LogP contribution >= 0.6 is 0 Å². The molecule has 0 spiro atoms. The number of non-ortho nitro benzene ring substituents is 1. The molecule has 0 aliphatic heterocycles. The van der Waals surface area contributed by atoms with E-state index in [1.807, 2.05) is 0 Å². The molecule has 19 heavy (non-hydrogen) atoms. The van der Waals surface area contributed by atoms with Crippen LogP contribution in [0.1, 0.15) is 10.4 Å². The molecule has 2 rings (SSSR count). The van der Waals surface area contributed by atoms with Gasteiger partial charge in [-0.15, -0.1) is 0 Å². The number of methoxy groups -OCH3 is 1. The molecule has 2 aromatic rings. The second-order valence-electron chi connectivity index (χ2n) is 3.88. The Balaban J connectivity index is 2.55. The maximum Gasteiger partial charge on any atom is 0.270 e. The van der Waals surface area contributed by atoms with Gasteiger partial charge in [0.2, 0.25) is 0 Å². The Morgan fingerprint density at radius 1 is 1.21 bits per heavy atom. The molecule has 0 saturated carbocycles. The molecule has 0 amide bonds. The molecule has 0 heterocycles. The number of nitrogens with zero attached hydrogens (tertiary/aromatic N) is 1. The van der Waals surface area contributed by atoms with Gasteiger partial charge in [-0.25, -0.2) is 0 Å². The van der Waals surface area contributed by atoms with Gasteiger partial charge in [0.05, 0.1) is 12.0 Å². The maximum absolute atomic E-state index is 11.1. The molecule has 0 aliphatic carbocycles. The van der Waals surface area contributed by atoms with Crippen molar-refractivity contribution in [3.8, 4) is 16.9 Å². The van der Waals surface area contributed by atoms with Crippen LogP contribution in [0.2, 0.25) is 0 Å². The molecule has 5 heteroatoms. The van der Waals surface area contributed by atoms with Crippen LogP contribution in [0.4, 0.5) is 5.69 Å². The predicted octanol–water partition coefficient (Wildman–Crippen LogP) is 3.08. The van der Waals surface area contributed by atoms with E-state index in [2.05, 4.69) is 0 Å². The number of rotatable bonds is 4. The van der Waals surface area contributed by atoms with Crippen LogP contribution in [0.3, 0.4) is 0 Å². The van der Waals surface area contributed by atoms with Crippen LogP contribution in [0.15, 0.2) is 42.5 Å². The molecule has 0 aromatic heterocycles. The average molecular weight is 257 g/mol. The molecular formula is C14H11NO4. The Labute approximate surface area is 109 Å². The van der Waals surface area contributed by atoms with E-state index in [1.54, 1.807) is 30.3 Å². The normalized spacial score (nSPS) is 9.95. The minimum Gasteiger partial charge on any atom is -0.497 e. The van der Waals surface area contributed by atoms with E-state index < -0.39 is 4.92 Å². The first-order chi connectivity index (χ1) is 9.15. The maximum atomic E-state index is 11.1. The zero-order valence-corrected chi connectivity index (χ0v) is 10.2. The van der Waals surface area contributed by atoms with Gasteiger partial charge in [-0.1, -0.05) is 12.1 Å². The number of carbonyl (C=O) groups excluding carboxylic acids is 1. The smallest absolute Gasteiger partial charge is 0.270 e. The lowest BCUT2D eigenvalue weighted by Gasteiger charge is -2.07. The molecule has 0 aliphatic rings. The van der Waals surface area contributed by atoms with Crippen molar-refractivity contribution in [3.05, 3.63) is 58.1 Å². The van der Waals surface area contributed by atoms with Crippen LogP contribution in [-0.2, 0) is 0 Å². The van der Waals surface area contributed by atoms with Crippen molar-refractivity contribution in [1.29, 1.82) is 0 Å². The standard InChI is InChI=1S/C14H11NO4/c1-19-13-5-6-14(11(8-13)9-16)10-3-2-4-12(7-10)15(17)18/h2-9H,1H3. The lowest BCUT2D eigenvalue weighted by Crippen LogP contribution is -1.92. The lowest BCUT2D eigenvalue weighted by atomic mass is 10.00. The van der Waals surface area contributed by atoms with E-state index in [0.717, 1.165) is 0 Å². The van der Waals surface area contributed by atoms with Crippen molar-refractivity contribution >= 4 is 12.0 Å². The molecule has 0 atom stereocenters. The van der Waals surface area contributed by atoms with Gasteiger partial charge in [0, 0.05) is 17.7 Å². The average Bonchev–Trinajstić information content (AvgIpc) is 2.46. The number of nitro groups is 1. The number of aldehydes is 1. The first kappa shape index (κ1) is 12.8. The lowest BCUT2D eigenvalue weighted by molar-refractivity contribution is -0.384. The number of carbonyl (C=O) groups is 1. The SMILES string of the molecule is COc1ccc(-c2cccc([N+](=O)[O-])c2)c(C=O)c1. The van der Waals surface area contributed by atoms with Gasteiger partial charge in [0.25, 0.3) is 5.69 Å². The zero-order valence-electron chi connectivity index (χ0n) is 10.2. The number of nitro benzene ring substituents is 1. The molecule has 0 fully saturated rings. The van der Waals surface area contributed by atoms with E-state index in [-0.39, 0.29) is 5.69 Å². The van der Waals surface area contributed by atoms with Gasteiger partial charge >= 0.3 is 0 Å². The van der Waals surface area contributed by atoms with Crippen molar-refractivity contribution in [3.63, 3.8) is 0 Å².